The summed E-state index contributed by atoms with van der Waals surface area (Å²) in [6.07, 6.45) is 0. The molecule has 0 fully saturated rings. The summed E-state index contributed by atoms with van der Waals surface area (Å²) in [6, 6.07) is 17.6. The standard InChI is InChI=1S/C23H25NO.2C2H6N.Ti/c1-15-16(2)18(4)22(17(15)3)21-13-9-8-12-20(21)14-24-23(25)19-10-6-5-7-11-19;2*1-3-2;/h5-13,17H,14H2,1-4H3,(H,24,25);2*1-2H3;/q;2*-1;+3/p-1. The molecule has 1 unspecified atom stereocenters. The Morgan fingerprint density at radius 3 is 1.81 bits per heavy atom. The van der Waals surface area contributed by atoms with Crippen molar-refractivity contribution in [3.8, 4) is 0 Å². The summed E-state index contributed by atoms with van der Waals surface area (Å²) in [5.41, 5.74) is 8.50. The average Bonchev–Trinajstić information content (AvgIpc) is 2.96. The normalized spacial score (nSPS) is 14.6. The number of nitrogens with zero attached hydrogens (tertiary/aromatic N) is 3. The van der Waals surface area contributed by atoms with Gasteiger partial charge in [-0.3, -0.25) is 0 Å². The second kappa shape index (κ2) is 15.8. The van der Waals surface area contributed by atoms with Gasteiger partial charge in [0.25, 0.3) is 0 Å². The zero-order chi connectivity index (χ0) is 23.4. The first-order valence-corrected chi connectivity index (χ1v) is 10.5. The van der Waals surface area contributed by atoms with Crippen molar-refractivity contribution >= 4 is 11.5 Å². The molecule has 5 heteroatoms. The Bertz CT molecular complexity index is 902. The Kier molecular flexibility index (Phi) is 14.8. The Morgan fingerprint density at radius 1 is 0.812 bits per heavy atom. The van der Waals surface area contributed by atoms with Crippen molar-refractivity contribution in [1.29, 1.82) is 0 Å². The van der Waals surface area contributed by atoms with Crippen molar-refractivity contribution < 1.29 is 26.5 Å². The number of hydrogen-bond acceptors (Lipinski definition) is 1. The van der Waals surface area contributed by atoms with Crippen LogP contribution in [0.25, 0.3) is 21.5 Å². The SMILES string of the molecule is CC1=C(C)C(C)C(c2ccccc2C[N-]C(=O)c2ccccc2)=C1C.C[N-]C.C[N-]C.[Ti+3]. The maximum absolute atomic E-state index is 12.3. The predicted octanol–water partition coefficient (Wildman–Crippen LogP) is 7.40. The number of benzene rings is 2. The number of carbonyl (C=O) groups is 1. The smallest absolute Gasteiger partial charge is 0.668 e. The van der Waals surface area contributed by atoms with E-state index < -0.39 is 0 Å². The number of rotatable bonds is 4. The summed E-state index contributed by atoms with van der Waals surface area (Å²) >= 11 is 0. The molecule has 1 atom stereocenters. The predicted molar refractivity (Wildman–Crippen MR) is 135 cm³/mol. The van der Waals surface area contributed by atoms with Gasteiger partial charge in [-0.1, -0.05) is 72.7 Å². The molecule has 1 amide bonds. The van der Waals surface area contributed by atoms with Crippen LogP contribution >= 0.6 is 0 Å². The molecule has 1 aliphatic carbocycles. The molecule has 0 saturated heterocycles. The van der Waals surface area contributed by atoms with Gasteiger partial charge in [-0.05, 0) is 48.6 Å². The number of amides is 1. The van der Waals surface area contributed by atoms with E-state index in [1.54, 1.807) is 40.3 Å². The van der Waals surface area contributed by atoms with Crippen LogP contribution in [0, 0.1) is 5.92 Å². The minimum atomic E-state index is -0.161. The second-order valence-electron chi connectivity index (χ2n) is 7.61. The van der Waals surface area contributed by atoms with Crippen molar-refractivity contribution in [1.82, 2.24) is 0 Å². The Hall–Kier alpha value is -1.98. The van der Waals surface area contributed by atoms with Gasteiger partial charge in [-0.15, -0.1) is 6.54 Å². The molecular formula is C27H36N3OTi. The fourth-order valence-electron chi connectivity index (χ4n) is 3.55. The van der Waals surface area contributed by atoms with Gasteiger partial charge < -0.3 is 20.7 Å². The van der Waals surface area contributed by atoms with Crippen molar-refractivity contribution in [2.75, 3.05) is 28.2 Å². The summed E-state index contributed by atoms with van der Waals surface area (Å²) in [4.78, 5) is 12.3. The molecular weight excluding hydrogens is 430 g/mol. The molecule has 0 bridgehead atoms. The quantitative estimate of drug-likeness (QED) is 0.433. The fraction of sp³-hybridized carbons (Fsp3) is 0.370. The maximum Gasteiger partial charge on any atom is 3.00 e. The second-order valence-corrected chi connectivity index (χ2v) is 7.61. The Balaban J connectivity index is 0.00000124. The number of carbonyl (C=O) groups excluding carboxylic acids is 1. The molecule has 2 aromatic rings. The molecule has 169 valence electrons. The van der Waals surface area contributed by atoms with Crippen LogP contribution in [0.3, 0.4) is 0 Å². The van der Waals surface area contributed by atoms with Crippen molar-refractivity contribution in [3.63, 3.8) is 0 Å². The minimum absolute atomic E-state index is 0. The molecule has 1 aliphatic rings. The van der Waals surface area contributed by atoms with E-state index >= 15 is 0 Å². The first-order chi connectivity index (χ1) is 14.8. The van der Waals surface area contributed by atoms with Gasteiger partial charge in [0.05, 0.1) is 5.91 Å². The molecule has 32 heavy (non-hydrogen) atoms. The average molecular weight is 466 g/mol. The summed E-state index contributed by atoms with van der Waals surface area (Å²) < 4.78 is 0. The summed E-state index contributed by atoms with van der Waals surface area (Å²) in [7, 11) is 7.00. The molecule has 3 rings (SSSR count). The summed E-state index contributed by atoms with van der Waals surface area (Å²) in [6.45, 7) is 9.27. The van der Waals surface area contributed by atoms with Gasteiger partial charge in [-0.2, -0.15) is 28.2 Å². The van der Waals surface area contributed by atoms with Gasteiger partial charge in [0.15, 0.2) is 0 Å². The largest absolute Gasteiger partial charge is 3.00 e. The van der Waals surface area contributed by atoms with Crippen LogP contribution in [-0.2, 0) is 28.3 Å². The fourth-order valence-corrected chi connectivity index (χ4v) is 3.55. The third kappa shape index (κ3) is 8.18. The van der Waals surface area contributed by atoms with E-state index in [9.17, 15) is 4.79 Å². The summed E-state index contributed by atoms with van der Waals surface area (Å²) in [5.74, 6) is 0.247. The van der Waals surface area contributed by atoms with Gasteiger partial charge in [0.1, 0.15) is 0 Å². The third-order valence-electron chi connectivity index (χ3n) is 5.36. The molecule has 0 spiro atoms. The van der Waals surface area contributed by atoms with Crippen molar-refractivity contribution in [2.45, 2.75) is 34.2 Å². The van der Waals surface area contributed by atoms with Gasteiger partial charge >= 0.3 is 21.7 Å². The molecule has 2 aromatic carbocycles. The zero-order valence-corrected chi connectivity index (χ0v) is 22.3. The number of hydrogen-bond donors (Lipinski definition) is 0. The van der Waals surface area contributed by atoms with Gasteiger partial charge in [-0.25, -0.2) is 0 Å². The maximum atomic E-state index is 12.3. The first-order valence-electron chi connectivity index (χ1n) is 10.5. The van der Waals surface area contributed by atoms with E-state index in [0.717, 1.165) is 5.56 Å². The molecule has 0 saturated carbocycles. The van der Waals surface area contributed by atoms with E-state index in [1.165, 1.54) is 27.9 Å². The first kappa shape index (κ1) is 30.0. The van der Waals surface area contributed by atoms with Crippen LogP contribution in [0.1, 0.15) is 49.2 Å². The number of allylic oxidation sites excluding steroid dienone is 4. The Labute approximate surface area is 209 Å². The van der Waals surface area contributed by atoms with Crippen LogP contribution in [0.5, 0.6) is 0 Å². The van der Waals surface area contributed by atoms with Gasteiger partial charge in [0, 0.05) is 5.92 Å². The third-order valence-corrected chi connectivity index (χ3v) is 5.36. The van der Waals surface area contributed by atoms with E-state index in [-0.39, 0.29) is 27.6 Å². The van der Waals surface area contributed by atoms with Crippen LogP contribution in [0.4, 0.5) is 0 Å². The van der Waals surface area contributed by atoms with Crippen LogP contribution in [-0.4, -0.2) is 34.1 Å². The molecule has 0 N–H and O–H groups in total. The molecule has 1 radical (unpaired) electrons. The van der Waals surface area contributed by atoms with E-state index in [4.69, 9.17) is 0 Å². The van der Waals surface area contributed by atoms with E-state index in [2.05, 4.69) is 61.8 Å². The van der Waals surface area contributed by atoms with Crippen LogP contribution in [0.15, 0.2) is 71.3 Å². The minimum Gasteiger partial charge on any atom is -0.668 e. The Morgan fingerprint density at radius 2 is 1.31 bits per heavy atom. The van der Waals surface area contributed by atoms with E-state index in [1.807, 2.05) is 24.3 Å². The van der Waals surface area contributed by atoms with Crippen molar-refractivity contribution in [3.05, 3.63) is 104 Å². The monoisotopic (exact) mass is 466 g/mol. The van der Waals surface area contributed by atoms with E-state index in [0.29, 0.717) is 18.0 Å². The van der Waals surface area contributed by atoms with Crippen LogP contribution < -0.4 is 0 Å². The molecule has 4 nitrogen and oxygen atoms in total. The molecule has 0 aliphatic heterocycles. The molecule has 0 heterocycles. The van der Waals surface area contributed by atoms with Gasteiger partial charge in [0.2, 0.25) is 0 Å². The van der Waals surface area contributed by atoms with Crippen molar-refractivity contribution in [2.24, 2.45) is 5.92 Å². The zero-order valence-electron chi connectivity index (χ0n) is 20.7. The molecule has 0 aromatic heterocycles. The summed E-state index contributed by atoms with van der Waals surface area (Å²) in [5, 5.41) is 11.3. The van der Waals surface area contributed by atoms with Crippen LogP contribution in [0.2, 0.25) is 0 Å². The topological polar surface area (TPSA) is 59.4 Å².